The largest absolute Gasteiger partial charge is 0.480 e. The van der Waals surface area contributed by atoms with Crippen molar-refractivity contribution in [2.24, 2.45) is 11.3 Å². The molecule has 12 heteroatoms. The summed E-state index contributed by atoms with van der Waals surface area (Å²) in [6.07, 6.45) is 5.34. The van der Waals surface area contributed by atoms with E-state index >= 15 is 0 Å². The van der Waals surface area contributed by atoms with Gasteiger partial charge in [0.15, 0.2) is 5.79 Å². The molecule has 0 bridgehead atoms. The summed E-state index contributed by atoms with van der Waals surface area (Å²) < 4.78 is 11.9. The van der Waals surface area contributed by atoms with Crippen molar-refractivity contribution in [2.75, 3.05) is 19.8 Å². The second kappa shape index (κ2) is 14.1. The second-order valence-electron chi connectivity index (χ2n) is 12.7. The molecule has 244 valence electrons. The Morgan fingerprint density at radius 2 is 1.80 bits per heavy atom. The minimum absolute atomic E-state index is 0.0286. The summed E-state index contributed by atoms with van der Waals surface area (Å²) in [7, 11) is 0. The molecule has 2 aliphatic rings. The molecule has 1 aromatic carbocycles. The zero-order chi connectivity index (χ0) is 32.9. The molecule has 2 aromatic rings. The van der Waals surface area contributed by atoms with E-state index in [9.17, 15) is 24.3 Å². The zero-order valence-electron chi connectivity index (χ0n) is 26.9. The number of hydrogen-bond donors (Lipinski definition) is 4. The number of aliphatic carboxylic acids is 1. The number of hydrazine groups is 1. The molecule has 12 nitrogen and oxygen atoms in total. The Labute approximate surface area is 263 Å². The fourth-order valence-electron chi connectivity index (χ4n) is 5.27. The topological polar surface area (TPSA) is 159 Å². The van der Waals surface area contributed by atoms with Crippen molar-refractivity contribution in [3.63, 3.8) is 0 Å². The number of amides is 3. The number of carboxylic acids is 1. The van der Waals surface area contributed by atoms with Gasteiger partial charge < -0.3 is 25.2 Å². The van der Waals surface area contributed by atoms with Crippen molar-refractivity contribution < 1.29 is 33.8 Å². The van der Waals surface area contributed by atoms with Crippen molar-refractivity contribution in [2.45, 2.75) is 84.7 Å². The highest BCUT2D eigenvalue weighted by Gasteiger charge is 2.45. The Bertz CT molecular complexity index is 1450. The lowest BCUT2D eigenvalue weighted by Crippen LogP contribution is -2.62. The lowest BCUT2D eigenvalue weighted by atomic mass is 9.85. The Balaban J connectivity index is 1.51. The molecule has 2 aliphatic heterocycles. The van der Waals surface area contributed by atoms with Crippen LogP contribution in [-0.4, -0.2) is 82.5 Å². The predicted molar refractivity (Wildman–Crippen MR) is 168 cm³/mol. The van der Waals surface area contributed by atoms with Crippen LogP contribution in [0.3, 0.4) is 0 Å². The highest BCUT2D eigenvalue weighted by molar-refractivity contribution is 5.94. The van der Waals surface area contributed by atoms with Crippen LogP contribution in [0.1, 0.15) is 65.6 Å². The van der Waals surface area contributed by atoms with E-state index in [1.54, 1.807) is 33.8 Å². The number of hydrogen-bond acceptors (Lipinski definition) is 8. The van der Waals surface area contributed by atoms with Crippen molar-refractivity contribution in [1.29, 1.82) is 0 Å². The highest BCUT2D eigenvalue weighted by atomic mass is 16.7. The predicted octanol–water partition coefficient (Wildman–Crippen LogP) is 2.81. The van der Waals surface area contributed by atoms with Gasteiger partial charge in [0.1, 0.15) is 23.5 Å². The molecule has 3 heterocycles. The summed E-state index contributed by atoms with van der Waals surface area (Å²) in [5.41, 5.74) is 4.17. The van der Waals surface area contributed by atoms with E-state index in [1.165, 1.54) is 11.9 Å². The summed E-state index contributed by atoms with van der Waals surface area (Å²) in [5, 5.41) is 17.2. The zero-order valence-corrected chi connectivity index (χ0v) is 26.9. The molecule has 0 radical (unpaired) electrons. The first kappa shape index (κ1) is 34.0. The summed E-state index contributed by atoms with van der Waals surface area (Å²) in [4.78, 5) is 56.6. The van der Waals surface area contributed by atoms with Gasteiger partial charge in [-0.15, -0.1) is 0 Å². The monoisotopic (exact) mass is 623 g/mol. The van der Waals surface area contributed by atoms with Gasteiger partial charge in [0, 0.05) is 17.6 Å². The summed E-state index contributed by atoms with van der Waals surface area (Å²) >= 11 is 0. The molecular formula is C33H45N5O7. The van der Waals surface area contributed by atoms with Crippen LogP contribution < -0.4 is 16.1 Å². The van der Waals surface area contributed by atoms with Gasteiger partial charge in [-0.25, -0.2) is 5.43 Å². The van der Waals surface area contributed by atoms with Crippen LogP contribution in [-0.2, 0) is 35.1 Å². The minimum Gasteiger partial charge on any atom is -0.480 e. The number of pyridine rings is 1. The maximum atomic E-state index is 14.0. The number of fused-ring (bicyclic) bond motifs is 1. The number of carboxylic acid groups (broad SMARTS) is 1. The number of nitrogens with zero attached hydrogens (tertiary/aromatic N) is 2. The highest BCUT2D eigenvalue weighted by Crippen LogP contribution is 2.33. The van der Waals surface area contributed by atoms with Gasteiger partial charge in [-0.05, 0) is 63.6 Å². The Hall–Kier alpha value is -3.87. The number of rotatable bonds is 10. The average molecular weight is 624 g/mol. The van der Waals surface area contributed by atoms with Crippen LogP contribution >= 0.6 is 0 Å². The molecule has 1 aromatic heterocycles. The average Bonchev–Trinajstić information content (AvgIpc) is 3.02. The van der Waals surface area contributed by atoms with Crippen molar-refractivity contribution in [3.05, 3.63) is 47.7 Å². The molecule has 0 spiro atoms. The molecule has 3 unspecified atom stereocenters. The number of aryl methyl sites for hydroxylation is 1. The standard InChI is InChI=1S/C33H45N5O7/c1-7-24-13-12-23-11-10-22(17-26(23)35-24)14-15-33(18-44-32(5,6)45-19-33)31(43)36-27(20(2)3)28(39)34-21(4)29(40)38-16-8-9-25(37-38)30(41)42/h10-15,17,20-21,25,27,37H,7-9,16,18-19H2,1-6H3,(H,34,39)(H,36,43)(H,41,42)/b15-14+. The third kappa shape index (κ3) is 8.24. The van der Waals surface area contributed by atoms with Crippen molar-refractivity contribution >= 4 is 40.7 Å². The third-order valence-corrected chi connectivity index (χ3v) is 8.25. The first-order chi connectivity index (χ1) is 21.2. The molecule has 4 N–H and O–H groups in total. The van der Waals surface area contributed by atoms with Crippen LogP contribution in [0.4, 0.5) is 0 Å². The van der Waals surface area contributed by atoms with Gasteiger partial charge in [-0.2, -0.15) is 0 Å². The molecule has 3 amide bonds. The summed E-state index contributed by atoms with van der Waals surface area (Å²) in [6, 6.07) is 7.14. The maximum Gasteiger partial charge on any atom is 0.322 e. The molecular weight excluding hydrogens is 578 g/mol. The first-order valence-corrected chi connectivity index (χ1v) is 15.5. The summed E-state index contributed by atoms with van der Waals surface area (Å²) in [6.45, 7) is 11.1. The third-order valence-electron chi connectivity index (χ3n) is 8.25. The van der Waals surface area contributed by atoms with Crippen molar-refractivity contribution in [1.82, 2.24) is 26.1 Å². The Kier molecular flexibility index (Phi) is 10.6. The molecule has 45 heavy (non-hydrogen) atoms. The molecule has 4 rings (SSSR count). The van der Waals surface area contributed by atoms with Crippen LogP contribution in [0.2, 0.25) is 0 Å². The minimum atomic E-state index is -1.23. The number of carbonyl (C=O) groups is 4. The van der Waals surface area contributed by atoms with Crippen LogP contribution in [0.15, 0.2) is 36.4 Å². The van der Waals surface area contributed by atoms with E-state index in [2.05, 4.69) is 23.0 Å². The van der Waals surface area contributed by atoms with Gasteiger partial charge in [0.05, 0.1) is 18.7 Å². The number of nitrogens with one attached hydrogen (secondary N) is 3. The fraction of sp³-hybridized carbons (Fsp3) is 0.545. The van der Waals surface area contributed by atoms with Gasteiger partial charge in [0.25, 0.3) is 5.91 Å². The summed E-state index contributed by atoms with van der Waals surface area (Å²) in [5.74, 6) is -3.69. The Morgan fingerprint density at radius 1 is 1.11 bits per heavy atom. The van der Waals surface area contributed by atoms with Crippen LogP contribution in [0.25, 0.3) is 17.0 Å². The van der Waals surface area contributed by atoms with E-state index < -0.39 is 53.0 Å². The lowest BCUT2D eigenvalue weighted by molar-refractivity contribution is -0.272. The van der Waals surface area contributed by atoms with Gasteiger partial charge in [-0.1, -0.05) is 51.1 Å². The molecule has 3 atom stereocenters. The molecule has 0 saturated carbocycles. The quantitative estimate of drug-likeness (QED) is 0.312. The molecule has 2 fully saturated rings. The smallest absolute Gasteiger partial charge is 0.322 e. The number of carbonyl (C=O) groups excluding carboxylic acids is 3. The van der Waals surface area contributed by atoms with Gasteiger partial charge in [0.2, 0.25) is 11.8 Å². The molecule has 2 saturated heterocycles. The van der Waals surface area contributed by atoms with Crippen LogP contribution in [0.5, 0.6) is 0 Å². The van der Waals surface area contributed by atoms with Crippen molar-refractivity contribution in [3.8, 4) is 0 Å². The van der Waals surface area contributed by atoms with E-state index in [0.717, 1.165) is 28.6 Å². The normalized spacial score (nSPS) is 21.0. The van der Waals surface area contributed by atoms with E-state index in [0.29, 0.717) is 19.4 Å². The fourth-order valence-corrected chi connectivity index (χ4v) is 5.27. The SMILES string of the molecule is CCc1ccc2ccc(/C=C/C3(C(=O)NC(C(=O)NC(C)C(=O)N4CCCC(C(=O)O)N4)C(C)C)COC(C)(C)OC3)cc2n1. The Morgan fingerprint density at radius 3 is 2.44 bits per heavy atom. The second-order valence-corrected chi connectivity index (χ2v) is 12.7. The van der Waals surface area contributed by atoms with E-state index in [1.807, 2.05) is 36.4 Å². The molecule has 0 aliphatic carbocycles. The number of benzene rings is 1. The van der Waals surface area contributed by atoms with Crippen LogP contribution in [0, 0.1) is 11.3 Å². The number of aromatic nitrogens is 1. The lowest BCUT2D eigenvalue weighted by Gasteiger charge is -2.41. The van der Waals surface area contributed by atoms with Gasteiger partial charge >= 0.3 is 5.97 Å². The van der Waals surface area contributed by atoms with E-state index in [-0.39, 0.29) is 19.1 Å². The number of ether oxygens (including phenoxy) is 2. The van der Waals surface area contributed by atoms with E-state index in [4.69, 9.17) is 14.5 Å². The maximum absolute atomic E-state index is 14.0. The first-order valence-electron chi connectivity index (χ1n) is 15.5. The van der Waals surface area contributed by atoms with Gasteiger partial charge in [-0.3, -0.25) is 29.2 Å².